The number of nitrogens with one attached hydrogen (secondary N) is 2. The molecule has 11 rings (SSSR count). The molecule has 0 unspecified atom stereocenters. The number of fused-ring (bicyclic) bond motifs is 5. The van der Waals surface area contributed by atoms with E-state index in [4.69, 9.17) is 31.4 Å². The lowest BCUT2D eigenvalue weighted by Crippen LogP contribution is -2.44. The first-order chi connectivity index (χ1) is 30.8. The molecule has 2 aromatic carbocycles. The summed E-state index contributed by atoms with van der Waals surface area (Å²) in [5, 5.41) is 12.7. The number of rotatable bonds is 7. The Bertz CT molecular complexity index is 2960. The number of aryl methyl sites for hydroxylation is 3. The monoisotopic (exact) mass is 892 g/mol. The van der Waals surface area contributed by atoms with Crippen LogP contribution in [-0.4, -0.2) is 83.9 Å². The van der Waals surface area contributed by atoms with E-state index < -0.39 is 24.1 Å². The predicted molar refractivity (Wildman–Crippen MR) is 239 cm³/mol. The van der Waals surface area contributed by atoms with Crippen LogP contribution in [0.3, 0.4) is 0 Å². The number of para-hydroxylation sites is 1. The number of anilines is 6. The molecule has 1 atom stereocenters. The van der Waals surface area contributed by atoms with E-state index in [1.54, 1.807) is 36.1 Å². The molecule has 4 aliphatic heterocycles. The molecule has 2 N–H and O–H groups in total. The fraction of sp³-hybridized carbons (Fsp3) is 0.444. The van der Waals surface area contributed by atoms with Crippen LogP contribution in [0.2, 0.25) is 5.02 Å². The zero-order valence-electron chi connectivity index (χ0n) is 35.7. The maximum Gasteiger partial charge on any atom is 0.301 e. The van der Waals surface area contributed by atoms with Crippen LogP contribution in [-0.2, 0) is 36.8 Å². The van der Waals surface area contributed by atoms with Crippen LogP contribution in [0.4, 0.5) is 43.4 Å². The Morgan fingerprint density at radius 2 is 1.72 bits per heavy atom. The van der Waals surface area contributed by atoms with Crippen molar-refractivity contribution in [3.8, 4) is 5.75 Å². The van der Waals surface area contributed by atoms with Gasteiger partial charge >= 0.3 is 5.92 Å². The zero-order chi connectivity index (χ0) is 44.2. The van der Waals surface area contributed by atoms with Gasteiger partial charge < -0.3 is 34.3 Å². The minimum absolute atomic E-state index is 0.120. The van der Waals surface area contributed by atoms with Gasteiger partial charge in [-0.3, -0.25) is 19.1 Å². The number of imide groups is 1. The third-order valence-corrected chi connectivity index (χ3v) is 13.9. The summed E-state index contributed by atoms with van der Waals surface area (Å²) < 4.78 is 41.5. The average Bonchev–Trinajstić information content (AvgIpc) is 4.02. The van der Waals surface area contributed by atoms with Gasteiger partial charge in [-0.1, -0.05) is 17.7 Å². The van der Waals surface area contributed by atoms with Crippen molar-refractivity contribution in [3.63, 3.8) is 0 Å². The zero-order valence-corrected chi connectivity index (χ0v) is 36.5. The highest BCUT2D eigenvalue weighted by molar-refractivity contribution is 6.33. The van der Waals surface area contributed by atoms with Crippen molar-refractivity contribution in [2.24, 2.45) is 20.0 Å². The molecule has 6 aromatic rings. The molecule has 0 spiro atoms. The average molecular weight is 893 g/mol. The Balaban J connectivity index is 0.826. The first kappa shape index (κ1) is 40.5. The second-order valence-electron chi connectivity index (χ2n) is 17.7. The summed E-state index contributed by atoms with van der Waals surface area (Å²) in [6, 6.07) is 10.2. The molecule has 4 aromatic heterocycles. The van der Waals surface area contributed by atoms with Crippen molar-refractivity contribution in [1.82, 2.24) is 33.9 Å². The highest BCUT2D eigenvalue weighted by Crippen LogP contribution is 2.46. The normalized spacial score (nSPS) is 20.3. The van der Waals surface area contributed by atoms with Crippen molar-refractivity contribution in [3.05, 3.63) is 75.2 Å². The summed E-state index contributed by atoms with van der Waals surface area (Å²) in [6.07, 6.45) is 5.95. The third-order valence-electron chi connectivity index (χ3n) is 13.7. The number of aromatic nitrogens is 7. The third kappa shape index (κ3) is 6.70. The molecule has 3 fully saturated rings. The molecular weight excluding hydrogens is 846 g/mol. The Hall–Kier alpha value is -6.30. The standard InChI is InChI=1S/C45H47ClF2N12O4/c1-24-50-36(25-14-16-57(17-15-25)32-7-4-6-28-38(32)56(3)54-42(28)60-34(61)8-5-9-35(60)62)33-22-58(18-19-59(24)33)44-49-21-30(46)41(53-44)51-27-12-13-31-29(20-27)37-39(43(63)55(31)2)64-23-45(47,48)40(52-37)26-10-11-26/h4,6-7,12-13,20-21,25-26,40,52H,5,8-11,14-19,22-23H2,1-3H3,(H,49,51,53)/t40-/m0/s1. The number of carbonyl (C=O) groups excluding carboxylic acids is 2. The fourth-order valence-electron chi connectivity index (χ4n) is 10.2. The molecule has 2 saturated heterocycles. The minimum atomic E-state index is -3.15. The van der Waals surface area contributed by atoms with Crippen LogP contribution in [0.1, 0.15) is 68.1 Å². The van der Waals surface area contributed by atoms with Crippen molar-refractivity contribution in [2.75, 3.05) is 51.6 Å². The second kappa shape index (κ2) is 15.2. The number of hydrogen-bond acceptors (Lipinski definition) is 12. The molecule has 0 radical (unpaired) electrons. The van der Waals surface area contributed by atoms with Crippen molar-refractivity contribution in [2.45, 2.75) is 82.8 Å². The number of alkyl halides is 2. The Morgan fingerprint density at radius 3 is 2.48 bits per heavy atom. The van der Waals surface area contributed by atoms with Gasteiger partial charge in [-0.25, -0.2) is 23.6 Å². The lowest BCUT2D eigenvalue weighted by atomic mass is 9.91. The van der Waals surface area contributed by atoms with E-state index in [0.29, 0.717) is 90.9 Å². The Labute approximate surface area is 371 Å². The van der Waals surface area contributed by atoms with Crippen molar-refractivity contribution >= 4 is 79.9 Å². The van der Waals surface area contributed by atoms with E-state index in [0.717, 1.165) is 59.7 Å². The molecule has 1 aliphatic carbocycles. The molecule has 5 aliphatic rings. The van der Waals surface area contributed by atoms with Crippen LogP contribution in [0.25, 0.3) is 21.8 Å². The van der Waals surface area contributed by atoms with Gasteiger partial charge in [0, 0.05) is 75.5 Å². The molecule has 19 heteroatoms. The van der Waals surface area contributed by atoms with Gasteiger partial charge in [0.2, 0.25) is 23.5 Å². The number of piperidine rings is 2. The molecule has 2 amide bonds. The van der Waals surface area contributed by atoms with Gasteiger partial charge in [-0.2, -0.15) is 10.1 Å². The lowest BCUT2D eigenvalue weighted by Gasteiger charge is -2.35. The van der Waals surface area contributed by atoms with E-state index in [2.05, 4.69) is 43.0 Å². The van der Waals surface area contributed by atoms with E-state index in [1.165, 1.54) is 9.47 Å². The minimum Gasteiger partial charge on any atom is -0.480 e. The first-order valence-electron chi connectivity index (χ1n) is 22.0. The lowest BCUT2D eigenvalue weighted by molar-refractivity contribution is -0.129. The maximum absolute atomic E-state index is 15.2. The predicted octanol–water partition coefficient (Wildman–Crippen LogP) is 6.78. The quantitative estimate of drug-likeness (QED) is 0.162. The van der Waals surface area contributed by atoms with Crippen LogP contribution < -0.4 is 35.6 Å². The summed E-state index contributed by atoms with van der Waals surface area (Å²) in [4.78, 5) is 59.5. The molecule has 332 valence electrons. The largest absolute Gasteiger partial charge is 0.480 e. The number of amides is 2. The van der Waals surface area contributed by atoms with E-state index >= 15 is 8.78 Å². The fourth-order valence-corrected chi connectivity index (χ4v) is 10.3. The Morgan fingerprint density at radius 1 is 0.938 bits per heavy atom. The summed E-state index contributed by atoms with van der Waals surface area (Å²) in [5.41, 5.74) is 5.06. The number of pyridine rings is 1. The number of hydrogen-bond donors (Lipinski definition) is 2. The van der Waals surface area contributed by atoms with Gasteiger partial charge in [0.25, 0.3) is 5.56 Å². The summed E-state index contributed by atoms with van der Waals surface area (Å²) in [6.45, 7) is 4.68. The molecule has 16 nitrogen and oxygen atoms in total. The molecule has 8 heterocycles. The van der Waals surface area contributed by atoms with Crippen LogP contribution in [0.5, 0.6) is 5.75 Å². The molecule has 1 saturated carbocycles. The number of carbonyl (C=O) groups is 2. The van der Waals surface area contributed by atoms with Gasteiger partial charge in [0.05, 0.1) is 52.6 Å². The Kier molecular flexibility index (Phi) is 9.59. The number of nitrogens with zero attached hydrogens (tertiary/aromatic N) is 10. The first-order valence-corrected chi connectivity index (χ1v) is 22.3. The van der Waals surface area contributed by atoms with Crippen molar-refractivity contribution < 1.29 is 23.1 Å². The number of ether oxygens (including phenoxy) is 1. The topological polar surface area (TPSA) is 161 Å². The summed E-state index contributed by atoms with van der Waals surface area (Å²) in [5.74, 6) is -1.41. The van der Waals surface area contributed by atoms with E-state index in [9.17, 15) is 14.4 Å². The summed E-state index contributed by atoms with van der Waals surface area (Å²) in [7, 11) is 3.46. The van der Waals surface area contributed by atoms with Gasteiger partial charge in [0.15, 0.2) is 18.2 Å². The number of halogens is 3. The van der Waals surface area contributed by atoms with E-state index in [1.807, 2.05) is 19.2 Å². The van der Waals surface area contributed by atoms with Crippen molar-refractivity contribution in [1.29, 1.82) is 0 Å². The smallest absolute Gasteiger partial charge is 0.301 e. The molecule has 64 heavy (non-hydrogen) atoms. The van der Waals surface area contributed by atoms with Gasteiger partial charge in [-0.05, 0) is 75.3 Å². The highest BCUT2D eigenvalue weighted by Gasteiger charge is 2.51. The van der Waals surface area contributed by atoms with Crippen LogP contribution in [0.15, 0.2) is 47.4 Å². The van der Waals surface area contributed by atoms with E-state index in [-0.39, 0.29) is 35.1 Å². The van der Waals surface area contributed by atoms with Gasteiger partial charge in [0.1, 0.15) is 10.8 Å². The SMILES string of the molecule is Cc1nc(C2CCN(c3cccc4c(N5C(=O)CCCC5=O)nn(C)c34)CC2)c2n1CCN(c1ncc(Cl)c(Nc3ccc4c(c3)c3c(c(=O)n4C)OCC(F)(F)[C@H](C4CC4)N3)n1)C2. The number of imidazole rings is 1. The highest BCUT2D eigenvalue weighted by atomic mass is 35.5. The maximum atomic E-state index is 15.2. The second-order valence-corrected chi connectivity index (χ2v) is 18.1. The number of benzene rings is 2. The molecular formula is C45H47ClF2N12O4. The van der Waals surface area contributed by atoms with Crippen LogP contribution >= 0.6 is 11.6 Å². The van der Waals surface area contributed by atoms with Gasteiger partial charge in [-0.15, -0.1) is 0 Å². The summed E-state index contributed by atoms with van der Waals surface area (Å²) >= 11 is 6.72. The molecule has 0 bridgehead atoms. The van der Waals surface area contributed by atoms with Crippen LogP contribution in [0, 0.1) is 12.8 Å².